The van der Waals surface area contributed by atoms with E-state index in [9.17, 15) is 0 Å². The first kappa shape index (κ1) is 11.6. The lowest BCUT2D eigenvalue weighted by molar-refractivity contribution is 0.0773. The maximum absolute atomic E-state index is 5.57. The van der Waals surface area contributed by atoms with Crippen molar-refractivity contribution in [2.24, 2.45) is 0 Å². The minimum absolute atomic E-state index is 0.282. The molecule has 1 N–H and O–H groups in total. The molecule has 3 heteroatoms. The Morgan fingerprint density at radius 2 is 2.17 bits per heavy atom. The number of hydrogen-bond acceptors (Lipinski definition) is 3. The lowest BCUT2D eigenvalue weighted by Gasteiger charge is -2.25. The third-order valence-corrected chi connectivity index (χ3v) is 3.42. The van der Waals surface area contributed by atoms with Crippen molar-refractivity contribution in [2.45, 2.75) is 19.9 Å². The number of pyridine rings is 1. The highest BCUT2D eigenvalue weighted by Crippen LogP contribution is 2.26. The minimum Gasteiger partial charge on any atom is -0.378 e. The number of nitrogens with zero attached hydrogens (tertiary/aromatic N) is 1. The van der Waals surface area contributed by atoms with Crippen LogP contribution in [0.3, 0.4) is 0 Å². The molecule has 18 heavy (non-hydrogen) atoms. The third kappa shape index (κ3) is 2.11. The lowest BCUT2D eigenvalue weighted by atomic mass is 9.99. The van der Waals surface area contributed by atoms with Crippen molar-refractivity contribution in [1.82, 2.24) is 10.3 Å². The Labute approximate surface area is 107 Å². The minimum atomic E-state index is 0.282. The first-order chi connectivity index (χ1) is 8.74. The molecule has 0 bridgehead atoms. The van der Waals surface area contributed by atoms with E-state index in [0.717, 1.165) is 31.0 Å². The molecule has 0 spiro atoms. The number of aryl methyl sites for hydroxylation is 2. The van der Waals surface area contributed by atoms with Gasteiger partial charge in [-0.3, -0.25) is 4.98 Å². The van der Waals surface area contributed by atoms with Crippen LogP contribution in [0.25, 0.3) is 10.9 Å². The van der Waals surface area contributed by atoms with Gasteiger partial charge in [0.15, 0.2) is 0 Å². The molecular formula is C15H18N2O. The molecular weight excluding hydrogens is 224 g/mol. The summed E-state index contributed by atoms with van der Waals surface area (Å²) in [5.41, 5.74) is 4.71. The van der Waals surface area contributed by atoms with Crippen LogP contribution in [-0.4, -0.2) is 24.7 Å². The SMILES string of the molecule is Cc1ccc2nc(C)cc(C3COCCN3)c2c1. The number of ether oxygens (including phenoxy) is 1. The Hall–Kier alpha value is -1.45. The Kier molecular flexibility index (Phi) is 3.02. The molecule has 2 aromatic rings. The average Bonchev–Trinajstić information content (AvgIpc) is 2.39. The Morgan fingerprint density at radius 1 is 1.28 bits per heavy atom. The number of aromatic nitrogens is 1. The van der Waals surface area contributed by atoms with Gasteiger partial charge in [-0.2, -0.15) is 0 Å². The van der Waals surface area contributed by atoms with Crippen LogP contribution >= 0.6 is 0 Å². The van der Waals surface area contributed by atoms with E-state index in [-0.39, 0.29) is 6.04 Å². The molecule has 2 heterocycles. The van der Waals surface area contributed by atoms with Crippen molar-refractivity contribution in [1.29, 1.82) is 0 Å². The zero-order chi connectivity index (χ0) is 12.5. The molecule has 1 aromatic carbocycles. The van der Waals surface area contributed by atoms with Gasteiger partial charge in [0.25, 0.3) is 0 Å². The van der Waals surface area contributed by atoms with Gasteiger partial charge in [-0.05, 0) is 37.6 Å². The summed E-state index contributed by atoms with van der Waals surface area (Å²) in [7, 11) is 0. The van der Waals surface area contributed by atoms with Gasteiger partial charge in [-0.15, -0.1) is 0 Å². The first-order valence-corrected chi connectivity index (χ1v) is 6.43. The Morgan fingerprint density at radius 3 is 2.94 bits per heavy atom. The van der Waals surface area contributed by atoms with Crippen molar-refractivity contribution >= 4 is 10.9 Å². The molecule has 1 atom stereocenters. The highest BCUT2D eigenvalue weighted by molar-refractivity contribution is 5.83. The lowest BCUT2D eigenvalue weighted by Crippen LogP contribution is -2.34. The number of nitrogens with one attached hydrogen (secondary N) is 1. The molecule has 94 valence electrons. The molecule has 0 saturated carbocycles. The van der Waals surface area contributed by atoms with Gasteiger partial charge < -0.3 is 10.1 Å². The molecule has 1 aromatic heterocycles. The van der Waals surface area contributed by atoms with E-state index in [1.165, 1.54) is 16.5 Å². The standard InChI is InChI=1S/C15H18N2O/c1-10-3-4-14-12(7-10)13(8-11(2)17-14)15-9-18-6-5-16-15/h3-4,7-8,15-16H,5-6,9H2,1-2H3. The quantitative estimate of drug-likeness (QED) is 0.834. The van der Waals surface area contributed by atoms with Crippen LogP contribution < -0.4 is 5.32 Å². The molecule has 3 rings (SSSR count). The number of hydrogen-bond donors (Lipinski definition) is 1. The van der Waals surface area contributed by atoms with Gasteiger partial charge in [0, 0.05) is 17.6 Å². The van der Waals surface area contributed by atoms with Gasteiger partial charge in [-0.25, -0.2) is 0 Å². The second-order valence-electron chi connectivity index (χ2n) is 4.96. The van der Waals surface area contributed by atoms with Crippen LogP contribution in [0.4, 0.5) is 0 Å². The second-order valence-corrected chi connectivity index (χ2v) is 4.96. The molecule has 1 aliphatic rings. The summed E-state index contributed by atoms with van der Waals surface area (Å²) in [6, 6.07) is 8.89. The van der Waals surface area contributed by atoms with Crippen LogP contribution in [0, 0.1) is 13.8 Å². The van der Waals surface area contributed by atoms with Crippen molar-refractivity contribution in [3.63, 3.8) is 0 Å². The van der Waals surface area contributed by atoms with Gasteiger partial charge in [-0.1, -0.05) is 11.6 Å². The number of rotatable bonds is 1. The summed E-state index contributed by atoms with van der Waals surface area (Å²) < 4.78 is 5.57. The number of morpholine rings is 1. The normalized spacial score (nSPS) is 20.2. The molecule has 0 radical (unpaired) electrons. The van der Waals surface area contributed by atoms with E-state index >= 15 is 0 Å². The van der Waals surface area contributed by atoms with E-state index in [1.807, 2.05) is 6.92 Å². The fraction of sp³-hybridized carbons (Fsp3) is 0.400. The van der Waals surface area contributed by atoms with Gasteiger partial charge in [0.1, 0.15) is 0 Å². The summed E-state index contributed by atoms with van der Waals surface area (Å²) >= 11 is 0. The Balaban J connectivity index is 2.16. The van der Waals surface area contributed by atoms with Crippen LogP contribution in [0.15, 0.2) is 24.3 Å². The van der Waals surface area contributed by atoms with E-state index in [1.54, 1.807) is 0 Å². The van der Waals surface area contributed by atoms with Crippen molar-refractivity contribution in [3.05, 3.63) is 41.1 Å². The molecule has 1 fully saturated rings. The van der Waals surface area contributed by atoms with Crippen LogP contribution in [0.2, 0.25) is 0 Å². The maximum atomic E-state index is 5.57. The summed E-state index contributed by atoms with van der Waals surface area (Å²) in [5, 5.41) is 4.76. The van der Waals surface area contributed by atoms with Crippen molar-refractivity contribution in [2.75, 3.05) is 19.8 Å². The average molecular weight is 242 g/mol. The summed E-state index contributed by atoms with van der Waals surface area (Å²) in [5.74, 6) is 0. The molecule has 1 aliphatic heterocycles. The van der Waals surface area contributed by atoms with Crippen molar-refractivity contribution < 1.29 is 4.74 Å². The zero-order valence-electron chi connectivity index (χ0n) is 10.9. The topological polar surface area (TPSA) is 34.1 Å². The number of benzene rings is 1. The molecule has 1 saturated heterocycles. The predicted octanol–water partition coefficient (Wildman–Crippen LogP) is 2.51. The summed E-state index contributed by atoms with van der Waals surface area (Å²) in [4.78, 5) is 4.60. The molecule has 1 unspecified atom stereocenters. The van der Waals surface area contributed by atoms with E-state index < -0.39 is 0 Å². The third-order valence-electron chi connectivity index (χ3n) is 3.42. The fourth-order valence-electron chi connectivity index (χ4n) is 2.56. The molecule has 0 aliphatic carbocycles. The highest BCUT2D eigenvalue weighted by Gasteiger charge is 2.18. The van der Waals surface area contributed by atoms with E-state index in [2.05, 4.69) is 41.5 Å². The van der Waals surface area contributed by atoms with E-state index in [4.69, 9.17) is 4.74 Å². The van der Waals surface area contributed by atoms with Gasteiger partial charge >= 0.3 is 0 Å². The summed E-state index contributed by atoms with van der Waals surface area (Å²) in [6.07, 6.45) is 0. The van der Waals surface area contributed by atoms with Crippen LogP contribution in [0.5, 0.6) is 0 Å². The predicted molar refractivity (Wildman–Crippen MR) is 72.8 cm³/mol. The monoisotopic (exact) mass is 242 g/mol. The smallest absolute Gasteiger partial charge is 0.0708 e. The number of fused-ring (bicyclic) bond motifs is 1. The first-order valence-electron chi connectivity index (χ1n) is 6.43. The van der Waals surface area contributed by atoms with Crippen LogP contribution in [0.1, 0.15) is 22.9 Å². The maximum Gasteiger partial charge on any atom is 0.0708 e. The van der Waals surface area contributed by atoms with Crippen LogP contribution in [-0.2, 0) is 4.74 Å². The second kappa shape index (κ2) is 4.67. The van der Waals surface area contributed by atoms with E-state index in [0.29, 0.717) is 0 Å². The fourth-order valence-corrected chi connectivity index (χ4v) is 2.56. The molecule has 3 nitrogen and oxygen atoms in total. The van der Waals surface area contributed by atoms with Gasteiger partial charge in [0.05, 0.1) is 24.8 Å². The Bertz CT molecular complexity index is 574. The summed E-state index contributed by atoms with van der Waals surface area (Å²) in [6.45, 7) is 6.63. The van der Waals surface area contributed by atoms with Crippen molar-refractivity contribution in [3.8, 4) is 0 Å². The zero-order valence-corrected chi connectivity index (χ0v) is 10.9. The highest BCUT2D eigenvalue weighted by atomic mass is 16.5. The largest absolute Gasteiger partial charge is 0.378 e. The van der Waals surface area contributed by atoms with Gasteiger partial charge in [0.2, 0.25) is 0 Å². The molecule has 0 amide bonds.